The second-order valence-corrected chi connectivity index (χ2v) is 7.29. The predicted octanol–water partition coefficient (Wildman–Crippen LogP) is 0.951. The van der Waals surface area contributed by atoms with Gasteiger partial charge in [0.15, 0.2) is 0 Å². The molecule has 0 aromatic heterocycles. The summed E-state index contributed by atoms with van der Waals surface area (Å²) >= 11 is 0. The van der Waals surface area contributed by atoms with Crippen LogP contribution in [0.3, 0.4) is 0 Å². The van der Waals surface area contributed by atoms with E-state index in [2.05, 4.69) is 10.6 Å². The molecule has 23 heavy (non-hydrogen) atoms. The van der Waals surface area contributed by atoms with Crippen molar-refractivity contribution in [3.63, 3.8) is 0 Å². The van der Waals surface area contributed by atoms with Gasteiger partial charge in [-0.05, 0) is 32.6 Å². The van der Waals surface area contributed by atoms with Crippen molar-refractivity contribution >= 4 is 17.7 Å². The highest BCUT2D eigenvalue weighted by Gasteiger charge is 2.40. The molecule has 3 aliphatic rings. The molecule has 6 heteroatoms. The monoisotopic (exact) mass is 321 g/mol. The summed E-state index contributed by atoms with van der Waals surface area (Å²) in [5.41, 5.74) is 0. The molecule has 0 radical (unpaired) electrons. The molecule has 2 bridgehead atoms. The van der Waals surface area contributed by atoms with Crippen molar-refractivity contribution < 1.29 is 14.4 Å². The third-order valence-corrected chi connectivity index (χ3v) is 5.46. The summed E-state index contributed by atoms with van der Waals surface area (Å²) in [5.74, 6) is 0.327. The number of amides is 3. The number of carbonyl (C=O) groups is 3. The SMILES string of the molecule is CC(CC(=O)N1C2CCC1CC(=O)NC2)NC(=O)C1CCCC1. The lowest BCUT2D eigenvalue weighted by atomic mass is 10.1. The standard InChI is InChI=1S/C17H27N3O3/c1-11(19-17(23)12-4-2-3-5-12)8-16(22)20-13-6-7-14(20)10-18-15(21)9-13/h11-14H,2-10H2,1H3,(H,18,21)(H,19,23). The molecule has 128 valence electrons. The fourth-order valence-corrected chi connectivity index (χ4v) is 4.25. The second-order valence-electron chi connectivity index (χ2n) is 7.29. The Bertz CT molecular complexity index is 487. The minimum atomic E-state index is -0.151. The van der Waals surface area contributed by atoms with Crippen LogP contribution in [0.1, 0.15) is 58.3 Å². The van der Waals surface area contributed by atoms with Gasteiger partial charge in [0.25, 0.3) is 0 Å². The lowest BCUT2D eigenvalue weighted by Gasteiger charge is -2.29. The van der Waals surface area contributed by atoms with Crippen molar-refractivity contribution in [2.24, 2.45) is 5.92 Å². The van der Waals surface area contributed by atoms with Crippen LogP contribution in [0, 0.1) is 5.92 Å². The minimum absolute atomic E-state index is 0.0349. The van der Waals surface area contributed by atoms with E-state index < -0.39 is 0 Å². The van der Waals surface area contributed by atoms with Gasteiger partial charge in [-0.25, -0.2) is 0 Å². The molecule has 3 unspecified atom stereocenters. The van der Waals surface area contributed by atoms with E-state index in [1.807, 2.05) is 11.8 Å². The lowest BCUT2D eigenvalue weighted by Crippen LogP contribution is -2.46. The summed E-state index contributed by atoms with van der Waals surface area (Å²) < 4.78 is 0. The zero-order valence-corrected chi connectivity index (χ0v) is 13.8. The maximum absolute atomic E-state index is 12.7. The Labute approximate surface area is 137 Å². The fourth-order valence-electron chi connectivity index (χ4n) is 4.25. The molecule has 0 aromatic rings. The molecule has 2 heterocycles. The van der Waals surface area contributed by atoms with E-state index in [0.29, 0.717) is 19.4 Å². The third kappa shape index (κ3) is 3.67. The molecule has 3 rings (SSSR count). The minimum Gasteiger partial charge on any atom is -0.354 e. The molecule has 2 saturated heterocycles. The van der Waals surface area contributed by atoms with Gasteiger partial charge in [-0.1, -0.05) is 12.8 Å². The van der Waals surface area contributed by atoms with Gasteiger partial charge in [0, 0.05) is 43.4 Å². The number of nitrogens with one attached hydrogen (secondary N) is 2. The van der Waals surface area contributed by atoms with Gasteiger partial charge >= 0.3 is 0 Å². The van der Waals surface area contributed by atoms with Gasteiger partial charge < -0.3 is 15.5 Å². The van der Waals surface area contributed by atoms with Crippen molar-refractivity contribution in [3.05, 3.63) is 0 Å². The van der Waals surface area contributed by atoms with Crippen molar-refractivity contribution in [1.29, 1.82) is 0 Å². The molecule has 1 saturated carbocycles. The molecule has 2 N–H and O–H groups in total. The van der Waals surface area contributed by atoms with Crippen LogP contribution in [0.4, 0.5) is 0 Å². The average Bonchev–Trinajstić information content (AvgIpc) is 3.10. The Morgan fingerprint density at radius 3 is 2.65 bits per heavy atom. The molecule has 3 amide bonds. The van der Waals surface area contributed by atoms with Gasteiger partial charge in [0.1, 0.15) is 0 Å². The first-order chi connectivity index (χ1) is 11.0. The molecular weight excluding hydrogens is 294 g/mol. The van der Waals surface area contributed by atoms with Gasteiger partial charge in [0.2, 0.25) is 17.7 Å². The first kappa shape index (κ1) is 16.3. The summed E-state index contributed by atoms with van der Waals surface area (Å²) in [7, 11) is 0. The van der Waals surface area contributed by atoms with Crippen LogP contribution in [0.5, 0.6) is 0 Å². The van der Waals surface area contributed by atoms with Crippen LogP contribution >= 0.6 is 0 Å². The summed E-state index contributed by atoms with van der Waals surface area (Å²) in [4.78, 5) is 38.4. The molecular formula is C17H27N3O3. The van der Waals surface area contributed by atoms with E-state index in [1.54, 1.807) is 0 Å². The highest BCUT2D eigenvalue weighted by atomic mass is 16.2. The van der Waals surface area contributed by atoms with E-state index in [0.717, 1.165) is 38.5 Å². The maximum Gasteiger partial charge on any atom is 0.225 e. The molecule has 1 aliphatic carbocycles. The largest absolute Gasteiger partial charge is 0.354 e. The van der Waals surface area contributed by atoms with E-state index >= 15 is 0 Å². The molecule has 2 aliphatic heterocycles. The number of hydrogen-bond acceptors (Lipinski definition) is 3. The first-order valence-electron chi connectivity index (χ1n) is 8.93. The summed E-state index contributed by atoms with van der Waals surface area (Å²) in [5, 5.41) is 5.88. The number of carbonyl (C=O) groups excluding carboxylic acids is 3. The highest BCUT2D eigenvalue weighted by Crippen LogP contribution is 2.29. The lowest BCUT2D eigenvalue weighted by molar-refractivity contribution is -0.134. The number of fused-ring (bicyclic) bond motifs is 2. The van der Waals surface area contributed by atoms with Crippen molar-refractivity contribution in [3.8, 4) is 0 Å². The fraction of sp³-hybridized carbons (Fsp3) is 0.824. The van der Waals surface area contributed by atoms with Crippen LogP contribution < -0.4 is 10.6 Å². The van der Waals surface area contributed by atoms with Crippen LogP contribution in [0.15, 0.2) is 0 Å². The third-order valence-electron chi connectivity index (χ3n) is 5.46. The van der Waals surface area contributed by atoms with Crippen molar-refractivity contribution in [2.45, 2.75) is 76.4 Å². The van der Waals surface area contributed by atoms with Crippen LogP contribution in [-0.4, -0.2) is 47.3 Å². The van der Waals surface area contributed by atoms with Crippen molar-refractivity contribution in [2.75, 3.05) is 6.54 Å². The van der Waals surface area contributed by atoms with E-state index in [-0.39, 0.29) is 41.8 Å². The predicted molar refractivity (Wildman–Crippen MR) is 85.5 cm³/mol. The van der Waals surface area contributed by atoms with Crippen LogP contribution in [0.25, 0.3) is 0 Å². The number of nitrogens with zero attached hydrogens (tertiary/aromatic N) is 1. The van der Waals surface area contributed by atoms with E-state index in [1.165, 1.54) is 0 Å². The van der Waals surface area contributed by atoms with Crippen molar-refractivity contribution in [1.82, 2.24) is 15.5 Å². The molecule has 6 nitrogen and oxygen atoms in total. The topological polar surface area (TPSA) is 78.5 Å². The molecule has 3 fully saturated rings. The Hall–Kier alpha value is -1.59. The van der Waals surface area contributed by atoms with Gasteiger partial charge in [-0.3, -0.25) is 14.4 Å². The van der Waals surface area contributed by atoms with Gasteiger partial charge in [0.05, 0.1) is 0 Å². The smallest absolute Gasteiger partial charge is 0.225 e. The zero-order chi connectivity index (χ0) is 16.4. The Kier molecular flexibility index (Phi) is 4.87. The first-order valence-corrected chi connectivity index (χ1v) is 8.93. The summed E-state index contributed by atoms with van der Waals surface area (Å²) in [6.45, 7) is 2.46. The Morgan fingerprint density at radius 2 is 1.91 bits per heavy atom. The Morgan fingerprint density at radius 1 is 1.22 bits per heavy atom. The highest BCUT2D eigenvalue weighted by molar-refractivity contribution is 5.83. The zero-order valence-electron chi connectivity index (χ0n) is 13.8. The maximum atomic E-state index is 12.7. The van der Waals surface area contributed by atoms with E-state index in [4.69, 9.17) is 0 Å². The van der Waals surface area contributed by atoms with Gasteiger partial charge in [-0.15, -0.1) is 0 Å². The number of hydrogen-bond donors (Lipinski definition) is 2. The number of rotatable bonds is 4. The average molecular weight is 321 g/mol. The quantitative estimate of drug-likeness (QED) is 0.809. The van der Waals surface area contributed by atoms with E-state index in [9.17, 15) is 14.4 Å². The van der Waals surface area contributed by atoms with Gasteiger partial charge in [-0.2, -0.15) is 0 Å². The molecule has 0 aromatic carbocycles. The van der Waals surface area contributed by atoms with Crippen LogP contribution in [0.2, 0.25) is 0 Å². The second kappa shape index (κ2) is 6.89. The summed E-state index contributed by atoms with van der Waals surface area (Å²) in [6, 6.07) is 0.00586. The molecule has 0 spiro atoms. The molecule has 3 atom stereocenters. The normalized spacial score (nSPS) is 29.1. The van der Waals surface area contributed by atoms with Crippen LogP contribution in [-0.2, 0) is 14.4 Å². The summed E-state index contributed by atoms with van der Waals surface area (Å²) in [6.07, 6.45) is 6.79. The Balaban J connectivity index is 1.53.